The zero-order valence-corrected chi connectivity index (χ0v) is 19.2. The summed E-state index contributed by atoms with van der Waals surface area (Å²) in [5.74, 6) is 2.35. The topological polar surface area (TPSA) is 65.9 Å². The predicted molar refractivity (Wildman–Crippen MR) is 123 cm³/mol. The first-order chi connectivity index (χ1) is 12.6. The Labute approximate surface area is 181 Å². The second-order valence-electron chi connectivity index (χ2n) is 7.51. The minimum Gasteiger partial charge on any atom is -0.493 e. The van der Waals surface area contributed by atoms with Gasteiger partial charge < -0.3 is 20.5 Å². The van der Waals surface area contributed by atoms with Crippen LogP contribution in [-0.4, -0.2) is 42.9 Å². The third kappa shape index (κ3) is 9.65. The monoisotopic (exact) mass is 489 g/mol. The molecule has 0 amide bonds. The van der Waals surface area contributed by atoms with E-state index in [-0.39, 0.29) is 30.1 Å². The van der Waals surface area contributed by atoms with Gasteiger partial charge in [0.1, 0.15) is 5.75 Å². The number of aliphatic hydroxyl groups excluding tert-OH is 1. The van der Waals surface area contributed by atoms with Crippen molar-refractivity contribution >= 4 is 29.9 Å². The van der Waals surface area contributed by atoms with E-state index in [2.05, 4.69) is 43.5 Å². The van der Waals surface area contributed by atoms with Gasteiger partial charge >= 0.3 is 0 Å². The van der Waals surface area contributed by atoms with Gasteiger partial charge in [0.25, 0.3) is 0 Å². The van der Waals surface area contributed by atoms with Crippen molar-refractivity contribution in [2.75, 3.05) is 19.7 Å². The normalized spacial score (nSPS) is 20.1. The first-order valence-electron chi connectivity index (χ1n) is 10.0. The molecule has 2 rings (SSSR count). The van der Waals surface area contributed by atoms with Crippen molar-refractivity contribution in [2.24, 2.45) is 10.9 Å². The van der Waals surface area contributed by atoms with Crippen molar-refractivity contribution in [2.45, 2.75) is 65.0 Å². The molecular weight excluding hydrogens is 453 g/mol. The SMILES string of the molecule is CCNC(=NCCc1ccc(OCC(C)C)cc1)NC1CCC(O)CC1.I. The Morgan fingerprint density at radius 3 is 2.44 bits per heavy atom. The van der Waals surface area contributed by atoms with E-state index in [4.69, 9.17) is 9.73 Å². The van der Waals surface area contributed by atoms with E-state index in [1.165, 1.54) is 5.56 Å². The van der Waals surface area contributed by atoms with Crippen LogP contribution in [0.4, 0.5) is 0 Å². The number of aliphatic hydroxyl groups is 1. The highest BCUT2D eigenvalue weighted by Crippen LogP contribution is 2.18. The van der Waals surface area contributed by atoms with Crippen LogP contribution in [0.2, 0.25) is 0 Å². The van der Waals surface area contributed by atoms with E-state index in [0.717, 1.165) is 63.5 Å². The maximum atomic E-state index is 9.63. The predicted octanol–water partition coefficient (Wildman–Crippen LogP) is 3.74. The first-order valence-corrected chi connectivity index (χ1v) is 10.0. The molecule has 0 heterocycles. The maximum absolute atomic E-state index is 9.63. The van der Waals surface area contributed by atoms with Crippen LogP contribution in [0.1, 0.15) is 52.0 Å². The van der Waals surface area contributed by atoms with Gasteiger partial charge in [-0.15, -0.1) is 24.0 Å². The summed E-state index contributed by atoms with van der Waals surface area (Å²) in [5.41, 5.74) is 1.27. The van der Waals surface area contributed by atoms with E-state index in [1.54, 1.807) is 0 Å². The molecule has 0 aromatic heterocycles. The fraction of sp³-hybridized carbons (Fsp3) is 0.667. The lowest BCUT2D eigenvalue weighted by Gasteiger charge is -2.27. The summed E-state index contributed by atoms with van der Waals surface area (Å²) in [4.78, 5) is 4.70. The van der Waals surface area contributed by atoms with Gasteiger partial charge in [-0.25, -0.2) is 0 Å². The highest BCUT2D eigenvalue weighted by Gasteiger charge is 2.19. The van der Waals surface area contributed by atoms with Gasteiger partial charge in [0, 0.05) is 19.1 Å². The molecule has 6 heteroatoms. The molecule has 1 fully saturated rings. The number of guanidine groups is 1. The van der Waals surface area contributed by atoms with Crippen LogP contribution < -0.4 is 15.4 Å². The summed E-state index contributed by atoms with van der Waals surface area (Å²) in [5, 5.41) is 16.5. The Balaban J connectivity index is 0.00000364. The highest BCUT2D eigenvalue weighted by atomic mass is 127. The molecular formula is C21H36IN3O2. The molecule has 0 aliphatic heterocycles. The number of benzene rings is 1. The second-order valence-corrected chi connectivity index (χ2v) is 7.51. The summed E-state index contributed by atoms with van der Waals surface area (Å²) >= 11 is 0. The molecule has 0 radical (unpaired) electrons. The summed E-state index contributed by atoms with van der Waals surface area (Å²) in [7, 11) is 0. The van der Waals surface area contributed by atoms with Crippen LogP contribution in [-0.2, 0) is 6.42 Å². The molecule has 0 saturated heterocycles. The quantitative estimate of drug-likeness (QED) is 0.296. The first kappa shape index (κ1) is 24.0. The molecule has 27 heavy (non-hydrogen) atoms. The van der Waals surface area contributed by atoms with Gasteiger partial charge in [0.15, 0.2) is 5.96 Å². The van der Waals surface area contributed by atoms with Crippen LogP contribution in [0.3, 0.4) is 0 Å². The standard InChI is InChI=1S/C21H35N3O2.HI/c1-4-22-21(24-18-7-9-19(25)10-8-18)23-14-13-17-5-11-20(12-6-17)26-15-16(2)3;/h5-6,11-12,16,18-19,25H,4,7-10,13-15H2,1-3H3,(H2,22,23,24);1H. The average molecular weight is 489 g/mol. The van der Waals surface area contributed by atoms with Crippen LogP contribution in [0, 0.1) is 5.92 Å². The number of nitrogens with one attached hydrogen (secondary N) is 2. The van der Waals surface area contributed by atoms with Crippen LogP contribution >= 0.6 is 24.0 Å². The lowest BCUT2D eigenvalue weighted by Crippen LogP contribution is -2.45. The number of nitrogens with zero attached hydrogens (tertiary/aromatic N) is 1. The van der Waals surface area contributed by atoms with Gasteiger partial charge in [0.05, 0.1) is 12.7 Å². The Morgan fingerprint density at radius 1 is 1.19 bits per heavy atom. The minimum atomic E-state index is -0.125. The fourth-order valence-electron chi connectivity index (χ4n) is 3.05. The van der Waals surface area contributed by atoms with Crippen LogP contribution in [0.25, 0.3) is 0 Å². The van der Waals surface area contributed by atoms with Crippen molar-refractivity contribution in [1.29, 1.82) is 0 Å². The van der Waals surface area contributed by atoms with Crippen molar-refractivity contribution in [3.63, 3.8) is 0 Å². The van der Waals surface area contributed by atoms with Gasteiger partial charge in [0.2, 0.25) is 0 Å². The lowest BCUT2D eigenvalue weighted by molar-refractivity contribution is 0.120. The number of aliphatic imine (C=N–C) groups is 1. The van der Waals surface area contributed by atoms with Crippen molar-refractivity contribution in [1.82, 2.24) is 10.6 Å². The van der Waals surface area contributed by atoms with Crippen molar-refractivity contribution < 1.29 is 9.84 Å². The van der Waals surface area contributed by atoms with Crippen molar-refractivity contribution in [3.8, 4) is 5.75 Å². The third-order valence-corrected chi connectivity index (χ3v) is 4.56. The van der Waals surface area contributed by atoms with Crippen LogP contribution in [0.15, 0.2) is 29.3 Å². The minimum absolute atomic E-state index is 0. The Kier molecular flexibility index (Phi) is 11.7. The second kappa shape index (κ2) is 13.2. The summed E-state index contributed by atoms with van der Waals surface area (Å²) in [6.07, 6.45) is 4.54. The molecule has 1 aliphatic carbocycles. The Morgan fingerprint density at radius 2 is 1.85 bits per heavy atom. The molecule has 154 valence electrons. The summed E-state index contributed by atoms with van der Waals surface area (Å²) in [6, 6.07) is 8.73. The molecule has 1 aliphatic rings. The van der Waals surface area contributed by atoms with Gasteiger partial charge in [-0.1, -0.05) is 26.0 Å². The molecule has 1 saturated carbocycles. The zero-order chi connectivity index (χ0) is 18.8. The van der Waals surface area contributed by atoms with Crippen molar-refractivity contribution in [3.05, 3.63) is 29.8 Å². The number of rotatable bonds is 8. The molecule has 0 unspecified atom stereocenters. The van der Waals surface area contributed by atoms with Gasteiger partial charge in [-0.2, -0.15) is 0 Å². The third-order valence-electron chi connectivity index (χ3n) is 4.56. The molecule has 3 N–H and O–H groups in total. The average Bonchev–Trinajstić information content (AvgIpc) is 2.63. The maximum Gasteiger partial charge on any atom is 0.191 e. The molecule has 0 spiro atoms. The summed E-state index contributed by atoms with van der Waals surface area (Å²) < 4.78 is 5.72. The van der Waals surface area contributed by atoms with E-state index in [9.17, 15) is 5.11 Å². The lowest BCUT2D eigenvalue weighted by atomic mass is 9.93. The Bertz CT molecular complexity index is 541. The molecule has 1 aromatic carbocycles. The molecule has 0 atom stereocenters. The van der Waals surface area contributed by atoms with E-state index < -0.39 is 0 Å². The van der Waals surface area contributed by atoms with E-state index >= 15 is 0 Å². The fourth-order valence-corrected chi connectivity index (χ4v) is 3.05. The zero-order valence-electron chi connectivity index (χ0n) is 16.9. The number of hydrogen-bond donors (Lipinski definition) is 3. The molecule has 1 aromatic rings. The van der Waals surface area contributed by atoms with E-state index in [1.807, 2.05) is 12.1 Å². The summed E-state index contributed by atoms with van der Waals surface area (Å²) in [6.45, 7) is 8.73. The number of halogens is 1. The molecule has 0 bridgehead atoms. The largest absolute Gasteiger partial charge is 0.493 e. The smallest absolute Gasteiger partial charge is 0.191 e. The number of hydrogen-bond acceptors (Lipinski definition) is 3. The van der Waals surface area contributed by atoms with E-state index in [0.29, 0.717) is 12.0 Å². The van der Waals surface area contributed by atoms with Gasteiger partial charge in [-0.05, 0) is 62.6 Å². The van der Waals surface area contributed by atoms with Gasteiger partial charge in [-0.3, -0.25) is 4.99 Å². The molecule has 5 nitrogen and oxygen atoms in total. The highest BCUT2D eigenvalue weighted by molar-refractivity contribution is 14.0. The number of ether oxygens (including phenoxy) is 1. The van der Waals surface area contributed by atoms with Crippen LogP contribution in [0.5, 0.6) is 5.75 Å². The Hall–Kier alpha value is -1.02.